The minimum atomic E-state index is -0.293. The van der Waals surface area contributed by atoms with Crippen molar-refractivity contribution < 1.29 is 14.0 Å². The molecule has 1 aromatic heterocycles. The summed E-state index contributed by atoms with van der Waals surface area (Å²) in [6, 6.07) is 8.15. The molecule has 1 atom stereocenters. The minimum absolute atomic E-state index is 0.0696. The van der Waals surface area contributed by atoms with E-state index in [1.165, 1.54) is 23.9 Å². The summed E-state index contributed by atoms with van der Waals surface area (Å²) in [5, 5.41) is 2.04. The number of nitrogens with zero attached hydrogens (tertiary/aromatic N) is 2. The fraction of sp³-hybridized carbons (Fsp3) is 0.400. The van der Waals surface area contributed by atoms with Crippen LogP contribution in [0.15, 0.2) is 35.7 Å². The fourth-order valence-corrected chi connectivity index (χ4v) is 4.37. The molecular weight excluding hydrogens is 351 g/mol. The van der Waals surface area contributed by atoms with Crippen molar-refractivity contribution in [2.24, 2.45) is 0 Å². The lowest BCUT2D eigenvalue weighted by Crippen LogP contribution is -2.46. The number of rotatable bonds is 5. The first-order valence-corrected chi connectivity index (χ1v) is 9.76. The number of hydrogen-bond donors (Lipinski definition) is 0. The van der Waals surface area contributed by atoms with E-state index in [2.05, 4.69) is 0 Å². The van der Waals surface area contributed by atoms with Gasteiger partial charge < -0.3 is 9.80 Å². The maximum Gasteiger partial charge on any atom is 0.242 e. The summed E-state index contributed by atoms with van der Waals surface area (Å²) in [5.74, 6) is -0.453. The fourth-order valence-electron chi connectivity index (χ4n) is 3.46. The Labute approximate surface area is 157 Å². The van der Waals surface area contributed by atoms with E-state index in [0.717, 1.165) is 24.0 Å². The first-order chi connectivity index (χ1) is 12.5. The van der Waals surface area contributed by atoms with E-state index in [1.807, 2.05) is 23.3 Å². The number of hydrogen-bond acceptors (Lipinski definition) is 3. The second kappa shape index (κ2) is 7.99. The number of thiophene rings is 1. The lowest BCUT2D eigenvalue weighted by atomic mass is 9.93. The molecule has 4 nitrogen and oxygen atoms in total. The molecule has 0 spiro atoms. The quantitative estimate of drug-likeness (QED) is 0.802. The summed E-state index contributed by atoms with van der Waals surface area (Å²) < 4.78 is 13.4. The summed E-state index contributed by atoms with van der Waals surface area (Å²) >= 11 is 1.69. The first kappa shape index (κ1) is 18.6. The van der Waals surface area contributed by atoms with Crippen LogP contribution in [-0.4, -0.2) is 41.2 Å². The van der Waals surface area contributed by atoms with Gasteiger partial charge in [0.05, 0.1) is 12.6 Å². The van der Waals surface area contributed by atoms with Crippen LogP contribution >= 0.6 is 11.3 Å². The van der Waals surface area contributed by atoms with E-state index in [9.17, 15) is 14.0 Å². The highest BCUT2D eigenvalue weighted by Gasteiger charge is 2.33. The second-order valence-corrected chi connectivity index (χ2v) is 7.53. The summed E-state index contributed by atoms with van der Waals surface area (Å²) in [6.07, 6.45) is 1.62. The zero-order valence-electron chi connectivity index (χ0n) is 15.1. The molecule has 0 radical (unpaired) electrons. The molecule has 0 saturated heterocycles. The van der Waals surface area contributed by atoms with Crippen molar-refractivity contribution in [3.8, 4) is 0 Å². The highest BCUT2D eigenvalue weighted by atomic mass is 32.1. The number of carbonyl (C=O) groups is 2. The van der Waals surface area contributed by atoms with Crippen LogP contribution in [0.2, 0.25) is 0 Å². The Hall–Kier alpha value is -2.21. The Morgan fingerprint density at radius 3 is 2.65 bits per heavy atom. The first-order valence-electron chi connectivity index (χ1n) is 8.88. The van der Waals surface area contributed by atoms with Gasteiger partial charge in [-0.25, -0.2) is 4.39 Å². The molecule has 0 N–H and O–H groups in total. The normalized spacial score (nSPS) is 16.3. The number of amides is 2. The smallest absolute Gasteiger partial charge is 0.242 e. The average molecular weight is 374 g/mol. The summed E-state index contributed by atoms with van der Waals surface area (Å²) in [6.45, 7) is 4.74. The predicted molar refractivity (Wildman–Crippen MR) is 101 cm³/mol. The third-order valence-electron chi connectivity index (χ3n) is 4.74. The van der Waals surface area contributed by atoms with Crippen molar-refractivity contribution >= 4 is 23.2 Å². The summed E-state index contributed by atoms with van der Waals surface area (Å²) in [4.78, 5) is 29.5. The number of benzene rings is 1. The molecule has 6 heteroatoms. The Morgan fingerprint density at radius 2 is 2.00 bits per heavy atom. The predicted octanol–water partition coefficient (Wildman–Crippen LogP) is 3.62. The van der Waals surface area contributed by atoms with E-state index < -0.39 is 0 Å². The topological polar surface area (TPSA) is 40.6 Å². The van der Waals surface area contributed by atoms with Crippen molar-refractivity contribution in [2.75, 3.05) is 19.6 Å². The Bertz CT molecular complexity index is 787. The van der Waals surface area contributed by atoms with E-state index in [4.69, 9.17) is 0 Å². The molecule has 26 heavy (non-hydrogen) atoms. The standard InChI is InChI=1S/C20H23FN2O2S/c1-3-10-22(14(2)24)13-19(25)23-11-8-18-17(9-12-26-18)20(23)15-4-6-16(21)7-5-15/h4-7,9,12,20H,3,8,10-11,13H2,1-2H3/t20-/m0/s1. The lowest BCUT2D eigenvalue weighted by Gasteiger charge is -2.37. The van der Waals surface area contributed by atoms with E-state index in [1.54, 1.807) is 28.4 Å². The highest BCUT2D eigenvalue weighted by Crippen LogP contribution is 2.37. The molecule has 1 aliphatic rings. The zero-order chi connectivity index (χ0) is 18.7. The third kappa shape index (κ3) is 3.80. The largest absolute Gasteiger partial charge is 0.334 e. The number of halogens is 1. The third-order valence-corrected chi connectivity index (χ3v) is 5.73. The van der Waals surface area contributed by atoms with Crippen LogP contribution in [0, 0.1) is 5.82 Å². The molecule has 1 aromatic carbocycles. The van der Waals surface area contributed by atoms with Gasteiger partial charge >= 0.3 is 0 Å². The van der Waals surface area contributed by atoms with Crippen molar-refractivity contribution in [1.82, 2.24) is 9.80 Å². The minimum Gasteiger partial charge on any atom is -0.334 e. The molecular formula is C20H23FN2O2S. The lowest BCUT2D eigenvalue weighted by molar-refractivity contribution is -0.140. The molecule has 0 aliphatic carbocycles. The van der Waals surface area contributed by atoms with Crippen LogP contribution < -0.4 is 0 Å². The molecule has 2 amide bonds. The van der Waals surface area contributed by atoms with Gasteiger partial charge in [0, 0.05) is 24.9 Å². The number of fused-ring (bicyclic) bond motifs is 1. The molecule has 0 fully saturated rings. The van der Waals surface area contributed by atoms with Crippen LogP contribution in [0.25, 0.3) is 0 Å². The molecule has 3 rings (SSSR count). The highest BCUT2D eigenvalue weighted by molar-refractivity contribution is 7.10. The van der Waals surface area contributed by atoms with Crippen molar-refractivity contribution in [1.29, 1.82) is 0 Å². The molecule has 2 heterocycles. The van der Waals surface area contributed by atoms with Gasteiger partial charge in [-0.1, -0.05) is 19.1 Å². The van der Waals surface area contributed by atoms with Crippen LogP contribution in [0.1, 0.15) is 42.3 Å². The Morgan fingerprint density at radius 1 is 1.27 bits per heavy atom. The van der Waals surface area contributed by atoms with Gasteiger partial charge in [0.25, 0.3) is 0 Å². The van der Waals surface area contributed by atoms with Crippen LogP contribution in [0.5, 0.6) is 0 Å². The van der Waals surface area contributed by atoms with Gasteiger partial charge in [0.1, 0.15) is 5.82 Å². The van der Waals surface area contributed by atoms with Gasteiger partial charge in [0.2, 0.25) is 11.8 Å². The second-order valence-electron chi connectivity index (χ2n) is 6.53. The van der Waals surface area contributed by atoms with E-state index in [-0.39, 0.29) is 30.2 Å². The SMILES string of the molecule is CCCN(CC(=O)N1CCc2sccc2[C@@H]1c1ccc(F)cc1)C(C)=O. The van der Waals surface area contributed by atoms with Crippen LogP contribution in [0.4, 0.5) is 4.39 Å². The van der Waals surface area contributed by atoms with E-state index in [0.29, 0.717) is 13.1 Å². The Balaban J connectivity index is 1.90. The van der Waals surface area contributed by atoms with Gasteiger partial charge in [-0.05, 0) is 47.5 Å². The molecule has 2 aromatic rings. The van der Waals surface area contributed by atoms with Crippen molar-refractivity contribution in [3.05, 3.63) is 57.5 Å². The molecule has 1 aliphatic heterocycles. The van der Waals surface area contributed by atoms with E-state index >= 15 is 0 Å². The van der Waals surface area contributed by atoms with Gasteiger partial charge in [-0.15, -0.1) is 11.3 Å². The van der Waals surface area contributed by atoms with Gasteiger partial charge in [-0.2, -0.15) is 0 Å². The van der Waals surface area contributed by atoms with Crippen molar-refractivity contribution in [3.63, 3.8) is 0 Å². The molecule has 0 unspecified atom stereocenters. The summed E-state index contributed by atoms with van der Waals surface area (Å²) in [5.41, 5.74) is 2.00. The Kier molecular flexibility index (Phi) is 5.71. The molecule has 0 bridgehead atoms. The maximum atomic E-state index is 13.4. The van der Waals surface area contributed by atoms with Crippen LogP contribution in [0.3, 0.4) is 0 Å². The molecule has 0 saturated carbocycles. The monoisotopic (exact) mass is 374 g/mol. The summed E-state index contributed by atoms with van der Waals surface area (Å²) in [7, 11) is 0. The van der Waals surface area contributed by atoms with Gasteiger partial charge in [-0.3, -0.25) is 9.59 Å². The van der Waals surface area contributed by atoms with Crippen molar-refractivity contribution in [2.45, 2.75) is 32.7 Å². The van der Waals surface area contributed by atoms with Gasteiger partial charge in [0.15, 0.2) is 0 Å². The average Bonchev–Trinajstić information content (AvgIpc) is 3.10. The van der Waals surface area contributed by atoms with Crippen LogP contribution in [-0.2, 0) is 16.0 Å². The molecule has 138 valence electrons. The zero-order valence-corrected chi connectivity index (χ0v) is 15.9. The maximum absolute atomic E-state index is 13.4. The number of carbonyl (C=O) groups excluding carboxylic acids is 2.